The third kappa shape index (κ3) is 2.14. The van der Waals surface area contributed by atoms with Gasteiger partial charge in [-0.05, 0) is 62.8 Å². The van der Waals surface area contributed by atoms with Gasteiger partial charge < -0.3 is 14.0 Å². The normalized spacial score (nSPS) is 19.3. The summed E-state index contributed by atoms with van der Waals surface area (Å²) in [6.07, 6.45) is 1.85. The van der Waals surface area contributed by atoms with Crippen LogP contribution in [0, 0.1) is 0 Å². The summed E-state index contributed by atoms with van der Waals surface area (Å²) in [4.78, 5) is 4.61. The van der Waals surface area contributed by atoms with Gasteiger partial charge in [0.15, 0.2) is 0 Å². The van der Waals surface area contributed by atoms with Crippen LogP contribution in [0.3, 0.4) is 0 Å². The number of aromatic nitrogens is 1. The highest BCUT2D eigenvalue weighted by atomic mass is 16.7. The standard InChI is InChI=1S/C21H20BNO3/c1-20(2)21(3,4)26-22(25-20)14-8-9-15-17(12-14)24-16-7-5-6-13-10-11-23-19(15)18(13)16/h5-12H,1-4H3. The Balaban J connectivity index is 1.61. The monoisotopic (exact) mass is 345 g/mol. The summed E-state index contributed by atoms with van der Waals surface area (Å²) >= 11 is 0. The lowest BCUT2D eigenvalue weighted by Crippen LogP contribution is -2.41. The van der Waals surface area contributed by atoms with Crippen molar-refractivity contribution < 1.29 is 14.0 Å². The van der Waals surface area contributed by atoms with Crippen LogP contribution in [0.2, 0.25) is 0 Å². The second-order valence-corrected chi connectivity index (χ2v) is 7.96. The molecule has 0 radical (unpaired) electrons. The van der Waals surface area contributed by atoms with Crippen molar-refractivity contribution in [1.82, 2.24) is 4.98 Å². The van der Waals surface area contributed by atoms with Gasteiger partial charge in [-0.2, -0.15) is 0 Å². The topological polar surface area (TPSA) is 40.6 Å². The number of fused-ring (bicyclic) bond motifs is 2. The van der Waals surface area contributed by atoms with Crippen molar-refractivity contribution in [3.8, 4) is 22.8 Å². The molecule has 0 spiro atoms. The van der Waals surface area contributed by atoms with Crippen LogP contribution in [0.1, 0.15) is 27.7 Å². The fourth-order valence-electron chi connectivity index (χ4n) is 3.55. The quantitative estimate of drug-likeness (QED) is 0.482. The van der Waals surface area contributed by atoms with Gasteiger partial charge in [0.1, 0.15) is 11.5 Å². The van der Waals surface area contributed by atoms with Crippen LogP contribution < -0.4 is 10.2 Å². The minimum Gasteiger partial charge on any atom is -0.456 e. The van der Waals surface area contributed by atoms with Crippen LogP contribution in [-0.4, -0.2) is 23.3 Å². The molecule has 5 heteroatoms. The first-order valence-corrected chi connectivity index (χ1v) is 8.91. The molecule has 0 bridgehead atoms. The summed E-state index contributed by atoms with van der Waals surface area (Å²) in [7, 11) is -0.408. The number of hydrogen-bond acceptors (Lipinski definition) is 4. The van der Waals surface area contributed by atoms with E-state index >= 15 is 0 Å². The lowest BCUT2D eigenvalue weighted by molar-refractivity contribution is 0.00578. The van der Waals surface area contributed by atoms with E-state index in [0.29, 0.717) is 0 Å². The summed E-state index contributed by atoms with van der Waals surface area (Å²) < 4.78 is 18.6. The highest BCUT2D eigenvalue weighted by Gasteiger charge is 2.51. The van der Waals surface area contributed by atoms with Crippen molar-refractivity contribution in [2.75, 3.05) is 0 Å². The molecule has 0 N–H and O–H groups in total. The smallest absolute Gasteiger partial charge is 0.456 e. The zero-order valence-corrected chi connectivity index (χ0v) is 15.4. The Morgan fingerprint density at radius 3 is 2.42 bits per heavy atom. The van der Waals surface area contributed by atoms with E-state index in [0.717, 1.165) is 39.0 Å². The molecule has 26 heavy (non-hydrogen) atoms. The Kier molecular flexibility index (Phi) is 3.10. The first-order chi connectivity index (χ1) is 12.4. The van der Waals surface area contributed by atoms with Crippen molar-refractivity contribution >= 4 is 23.4 Å². The first kappa shape index (κ1) is 15.9. The molecule has 4 nitrogen and oxygen atoms in total. The molecule has 1 saturated heterocycles. The van der Waals surface area contributed by atoms with Crippen LogP contribution >= 0.6 is 0 Å². The predicted molar refractivity (Wildman–Crippen MR) is 103 cm³/mol. The molecule has 1 aromatic heterocycles. The van der Waals surface area contributed by atoms with Crippen molar-refractivity contribution in [3.05, 3.63) is 48.7 Å². The van der Waals surface area contributed by atoms with Crippen molar-refractivity contribution in [1.29, 1.82) is 0 Å². The average molecular weight is 345 g/mol. The number of pyridine rings is 1. The molecule has 0 aliphatic carbocycles. The minimum atomic E-state index is -0.408. The molecule has 130 valence electrons. The fourth-order valence-corrected chi connectivity index (χ4v) is 3.55. The first-order valence-electron chi connectivity index (χ1n) is 8.91. The summed E-state index contributed by atoms with van der Waals surface area (Å²) in [5.41, 5.74) is 2.17. The van der Waals surface area contributed by atoms with Gasteiger partial charge in [0, 0.05) is 11.8 Å². The van der Waals surface area contributed by atoms with E-state index in [1.54, 1.807) is 0 Å². The summed E-state index contributed by atoms with van der Waals surface area (Å²) in [6.45, 7) is 8.23. The third-order valence-electron chi connectivity index (χ3n) is 5.76. The van der Waals surface area contributed by atoms with Gasteiger partial charge in [-0.3, -0.25) is 4.98 Å². The summed E-state index contributed by atoms with van der Waals surface area (Å²) in [5.74, 6) is 1.63. The number of hydrogen-bond donors (Lipinski definition) is 0. The maximum absolute atomic E-state index is 6.20. The SMILES string of the molecule is CC1(C)OB(c2ccc3c(c2)Oc2cccc4ccnc-3c24)OC1(C)C. The van der Waals surface area contributed by atoms with Gasteiger partial charge in [-0.15, -0.1) is 0 Å². The molecular formula is C21H20BNO3. The van der Waals surface area contributed by atoms with Crippen LogP contribution in [0.4, 0.5) is 0 Å². The van der Waals surface area contributed by atoms with E-state index in [-0.39, 0.29) is 11.2 Å². The van der Waals surface area contributed by atoms with E-state index in [2.05, 4.69) is 38.7 Å². The lowest BCUT2D eigenvalue weighted by atomic mass is 9.78. The minimum absolute atomic E-state index is 0.367. The number of rotatable bonds is 1. The molecule has 1 fully saturated rings. The van der Waals surface area contributed by atoms with Gasteiger partial charge in [0.05, 0.1) is 22.3 Å². The Labute approximate surface area is 153 Å². The summed E-state index contributed by atoms with van der Waals surface area (Å²) in [6, 6.07) is 14.2. The van der Waals surface area contributed by atoms with Crippen LogP contribution in [-0.2, 0) is 9.31 Å². The average Bonchev–Trinajstić information content (AvgIpc) is 2.83. The molecule has 0 unspecified atom stereocenters. The summed E-state index contributed by atoms with van der Waals surface area (Å²) in [5, 5.41) is 2.19. The molecule has 0 amide bonds. The molecule has 0 saturated carbocycles. The maximum atomic E-state index is 6.20. The van der Waals surface area contributed by atoms with Crippen LogP contribution in [0.5, 0.6) is 11.5 Å². The van der Waals surface area contributed by atoms with Gasteiger partial charge in [0.2, 0.25) is 0 Å². The van der Waals surface area contributed by atoms with Gasteiger partial charge in [-0.1, -0.05) is 18.2 Å². The number of benzene rings is 2. The third-order valence-corrected chi connectivity index (χ3v) is 5.76. The van der Waals surface area contributed by atoms with Crippen LogP contribution in [0.25, 0.3) is 22.0 Å². The number of ether oxygens (including phenoxy) is 1. The largest absolute Gasteiger partial charge is 0.494 e. The lowest BCUT2D eigenvalue weighted by Gasteiger charge is -2.32. The molecule has 2 aliphatic heterocycles. The molecule has 0 atom stereocenters. The van der Waals surface area contributed by atoms with E-state index < -0.39 is 7.12 Å². The zero-order valence-electron chi connectivity index (χ0n) is 15.4. The second-order valence-electron chi connectivity index (χ2n) is 7.96. The van der Waals surface area contributed by atoms with Gasteiger partial charge in [0.25, 0.3) is 0 Å². The zero-order chi connectivity index (χ0) is 18.1. The fraction of sp³-hybridized carbons (Fsp3) is 0.286. The highest BCUT2D eigenvalue weighted by molar-refractivity contribution is 6.62. The second kappa shape index (κ2) is 5.09. The Bertz CT molecular complexity index is 1020. The van der Waals surface area contributed by atoms with Crippen molar-refractivity contribution in [2.45, 2.75) is 38.9 Å². The highest BCUT2D eigenvalue weighted by Crippen LogP contribution is 2.45. The van der Waals surface area contributed by atoms with E-state index in [1.807, 2.05) is 42.6 Å². The molecule has 2 aromatic carbocycles. The van der Waals surface area contributed by atoms with E-state index in [1.165, 1.54) is 0 Å². The van der Waals surface area contributed by atoms with E-state index in [9.17, 15) is 0 Å². The number of nitrogens with zero attached hydrogens (tertiary/aromatic N) is 1. The van der Waals surface area contributed by atoms with Crippen LogP contribution in [0.15, 0.2) is 48.7 Å². The van der Waals surface area contributed by atoms with Gasteiger partial charge >= 0.3 is 7.12 Å². The Hall–Kier alpha value is -2.37. The van der Waals surface area contributed by atoms with Gasteiger partial charge in [-0.25, -0.2) is 0 Å². The Morgan fingerprint density at radius 2 is 1.65 bits per heavy atom. The van der Waals surface area contributed by atoms with Crippen molar-refractivity contribution in [3.63, 3.8) is 0 Å². The van der Waals surface area contributed by atoms with E-state index in [4.69, 9.17) is 14.0 Å². The molecule has 3 heterocycles. The molecule has 5 rings (SSSR count). The van der Waals surface area contributed by atoms with Crippen molar-refractivity contribution in [2.24, 2.45) is 0 Å². The Morgan fingerprint density at radius 1 is 0.885 bits per heavy atom. The molecule has 2 aliphatic rings. The molecule has 3 aromatic rings. The molecular weight excluding hydrogens is 325 g/mol. The predicted octanol–water partition coefficient (Wildman–Crippen LogP) is 4.31. The maximum Gasteiger partial charge on any atom is 0.494 e.